The molecule has 2 aliphatic rings. The Bertz CT molecular complexity index is 1070. The van der Waals surface area contributed by atoms with Gasteiger partial charge in [-0.05, 0) is 42.3 Å². The van der Waals surface area contributed by atoms with Gasteiger partial charge >= 0.3 is 6.03 Å². The fourth-order valence-corrected chi connectivity index (χ4v) is 4.43. The Morgan fingerprint density at radius 1 is 1.11 bits per heavy atom. The van der Waals surface area contributed by atoms with E-state index in [1.54, 1.807) is 4.90 Å². The van der Waals surface area contributed by atoms with Gasteiger partial charge in [0.25, 0.3) is 5.91 Å². The van der Waals surface area contributed by atoms with Crippen LogP contribution in [-0.4, -0.2) is 27.9 Å². The normalized spacial score (nSPS) is 21.7. The molecule has 1 N–H and O–H groups in total. The number of benzene rings is 2. The summed E-state index contributed by atoms with van der Waals surface area (Å²) in [6.07, 6.45) is 1.19. The summed E-state index contributed by atoms with van der Waals surface area (Å²) in [5, 5.41) is 1.10. The number of imide groups is 1. The lowest BCUT2D eigenvalue weighted by molar-refractivity contribution is -0.120. The van der Waals surface area contributed by atoms with Crippen molar-refractivity contribution in [3.63, 3.8) is 0 Å². The van der Waals surface area contributed by atoms with Crippen LogP contribution in [0.2, 0.25) is 0 Å². The fraction of sp³-hybridized carbons (Fsp3) is 0.238. The topological polar surface area (TPSA) is 56.4 Å². The molecule has 136 valence electrons. The van der Waals surface area contributed by atoms with E-state index in [1.165, 1.54) is 29.2 Å². The number of amides is 3. The van der Waals surface area contributed by atoms with Crippen molar-refractivity contribution in [1.82, 2.24) is 9.88 Å². The molecule has 5 rings (SSSR count). The number of aromatic amines is 1. The molecule has 0 bridgehead atoms. The number of carbonyl (C=O) groups excluding carboxylic acids is 2. The van der Waals surface area contributed by atoms with Crippen molar-refractivity contribution in [3.05, 3.63) is 65.6 Å². The predicted molar refractivity (Wildman–Crippen MR) is 99.9 cm³/mol. The number of hydrogen-bond acceptors (Lipinski definition) is 2. The van der Waals surface area contributed by atoms with Gasteiger partial charge in [-0.3, -0.25) is 4.79 Å². The van der Waals surface area contributed by atoms with Gasteiger partial charge in [0, 0.05) is 23.0 Å². The molecule has 3 amide bonds. The second kappa shape index (κ2) is 5.67. The number of fused-ring (bicyclic) bond motifs is 4. The van der Waals surface area contributed by atoms with Crippen LogP contribution in [0.4, 0.5) is 14.9 Å². The highest BCUT2D eigenvalue weighted by molar-refractivity contribution is 6.21. The maximum absolute atomic E-state index is 13.3. The maximum atomic E-state index is 13.3. The minimum Gasteiger partial charge on any atom is -0.356 e. The standard InChI is InChI=1S/C21H18FN3O2/c1-2-17-19-15(14-5-3-4-6-16(14)23-19)11-18-20(26)24(21(27)25(17)18)13-9-7-12(22)8-10-13/h3-10,17-18,23H,2,11H2,1H3/t17-,18-/m0/s1. The summed E-state index contributed by atoms with van der Waals surface area (Å²) in [4.78, 5) is 32.6. The first-order chi connectivity index (χ1) is 13.1. The van der Waals surface area contributed by atoms with Crippen LogP contribution >= 0.6 is 0 Å². The van der Waals surface area contributed by atoms with E-state index in [-0.39, 0.29) is 18.0 Å². The second-order valence-electron chi connectivity index (χ2n) is 7.05. The zero-order valence-electron chi connectivity index (χ0n) is 14.8. The Morgan fingerprint density at radius 3 is 2.59 bits per heavy atom. The first-order valence-corrected chi connectivity index (χ1v) is 9.11. The van der Waals surface area contributed by atoms with Crippen LogP contribution < -0.4 is 4.90 Å². The van der Waals surface area contributed by atoms with Gasteiger partial charge in [0.05, 0.1) is 11.7 Å². The molecule has 0 aliphatic carbocycles. The van der Waals surface area contributed by atoms with Crippen LogP contribution in [0.1, 0.15) is 30.6 Å². The average Bonchev–Trinajstić information content (AvgIpc) is 3.17. The molecule has 2 atom stereocenters. The first-order valence-electron chi connectivity index (χ1n) is 9.11. The molecule has 2 aromatic carbocycles. The summed E-state index contributed by atoms with van der Waals surface area (Å²) < 4.78 is 13.3. The number of nitrogens with one attached hydrogen (secondary N) is 1. The Hall–Kier alpha value is -3.15. The highest BCUT2D eigenvalue weighted by atomic mass is 19.1. The van der Waals surface area contributed by atoms with Crippen LogP contribution in [0.3, 0.4) is 0 Å². The summed E-state index contributed by atoms with van der Waals surface area (Å²) in [5.41, 5.74) is 3.56. The lowest BCUT2D eigenvalue weighted by Crippen LogP contribution is -2.43. The van der Waals surface area contributed by atoms with Crippen molar-refractivity contribution in [1.29, 1.82) is 0 Å². The van der Waals surface area contributed by atoms with E-state index < -0.39 is 11.9 Å². The number of H-pyrrole nitrogens is 1. The van der Waals surface area contributed by atoms with Gasteiger partial charge < -0.3 is 9.88 Å². The van der Waals surface area contributed by atoms with Gasteiger partial charge in [-0.2, -0.15) is 0 Å². The first kappa shape index (κ1) is 16.1. The zero-order chi connectivity index (χ0) is 18.7. The number of hydrogen-bond donors (Lipinski definition) is 1. The van der Waals surface area contributed by atoms with Crippen molar-refractivity contribution in [3.8, 4) is 0 Å². The smallest absolute Gasteiger partial charge is 0.332 e. The molecule has 1 aromatic heterocycles. The van der Waals surface area contributed by atoms with Crippen LogP contribution in [0.25, 0.3) is 10.9 Å². The monoisotopic (exact) mass is 363 g/mol. The number of urea groups is 1. The lowest BCUT2D eigenvalue weighted by Gasteiger charge is -2.35. The Morgan fingerprint density at radius 2 is 1.85 bits per heavy atom. The molecule has 3 aromatic rings. The summed E-state index contributed by atoms with van der Waals surface area (Å²) in [5.74, 6) is -0.649. The molecular formula is C21H18FN3O2. The third-order valence-electron chi connectivity index (χ3n) is 5.64. The quantitative estimate of drug-likeness (QED) is 0.696. The minimum absolute atomic E-state index is 0.187. The molecule has 1 saturated heterocycles. The van der Waals surface area contributed by atoms with Crippen molar-refractivity contribution >= 4 is 28.5 Å². The number of para-hydroxylation sites is 1. The number of carbonyl (C=O) groups is 2. The number of rotatable bonds is 2. The molecule has 5 nitrogen and oxygen atoms in total. The fourth-order valence-electron chi connectivity index (χ4n) is 4.43. The largest absolute Gasteiger partial charge is 0.356 e. The second-order valence-corrected chi connectivity index (χ2v) is 7.05. The van der Waals surface area contributed by atoms with Crippen molar-refractivity contribution in [2.24, 2.45) is 0 Å². The van der Waals surface area contributed by atoms with Crippen molar-refractivity contribution in [2.45, 2.75) is 31.8 Å². The molecule has 1 fully saturated rings. The molecule has 0 saturated carbocycles. The number of halogens is 1. The number of anilines is 1. The minimum atomic E-state index is -0.529. The Balaban J connectivity index is 1.62. The summed E-state index contributed by atoms with van der Waals surface area (Å²) in [7, 11) is 0. The Kier molecular flexibility index (Phi) is 3.37. The maximum Gasteiger partial charge on any atom is 0.332 e. The summed E-state index contributed by atoms with van der Waals surface area (Å²) in [6.45, 7) is 2.01. The zero-order valence-corrected chi connectivity index (χ0v) is 14.8. The summed E-state index contributed by atoms with van der Waals surface area (Å²) in [6, 6.07) is 12.4. The van der Waals surface area contributed by atoms with Gasteiger partial charge in [-0.15, -0.1) is 0 Å². The number of nitrogens with zero attached hydrogens (tertiary/aromatic N) is 2. The van der Waals surface area contributed by atoms with Crippen LogP contribution in [-0.2, 0) is 11.2 Å². The van der Waals surface area contributed by atoms with E-state index in [4.69, 9.17) is 0 Å². The molecule has 0 unspecified atom stereocenters. The van der Waals surface area contributed by atoms with Gasteiger partial charge in [0.1, 0.15) is 11.9 Å². The molecule has 2 aliphatic heterocycles. The third kappa shape index (κ3) is 2.16. The molecular weight excluding hydrogens is 345 g/mol. The van der Waals surface area contributed by atoms with E-state index in [1.807, 2.05) is 31.2 Å². The third-order valence-corrected chi connectivity index (χ3v) is 5.64. The van der Waals surface area contributed by atoms with Crippen LogP contribution in [0.5, 0.6) is 0 Å². The molecule has 0 spiro atoms. The number of aromatic nitrogens is 1. The molecule has 0 radical (unpaired) electrons. The average molecular weight is 363 g/mol. The van der Waals surface area contributed by atoms with E-state index in [2.05, 4.69) is 4.98 Å². The van der Waals surface area contributed by atoms with Gasteiger partial charge in [0.15, 0.2) is 0 Å². The molecule has 27 heavy (non-hydrogen) atoms. The van der Waals surface area contributed by atoms with Gasteiger partial charge in [-0.25, -0.2) is 14.1 Å². The van der Waals surface area contributed by atoms with E-state index in [0.717, 1.165) is 22.2 Å². The van der Waals surface area contributed by atoms with E-state index in [9.17, 15) is 14.0 Å². The van der Waals surface area contributed by atoms with Crippen molar-refractivity contribution in [2.75, 3.05) is 4.90 Å². The van der Waals surface area contributed by atoms with E-state index in [0.29, 0.717) is 18.5 Å². The van der Waals surface area contributed by atoms with Crippen molar-refractivity contribution < 1.29 is 14.0 Å². The Labute approximate surface area is 155 Å². The van der Waals surface area contributed by atoms with E-state index >= 15 is 0 Å². The summed E-state index contributed by atoms with van der Waals surface area (Å²) >= 11 is 0. The van der Waals surface area contributed by atoms with Crippen LogP contribution in [0.15, 0.2) is 48.5 Å². The SMILES string of the molecule is CC[C@H]1c2[nH]c3ccccc3c2C[C@H]2C(=O)N(c3ccc(F)cc3)C(=O)N21. The molecule has 6 heteroatoms. The lowest BCUT2D eigenvalue weighted by atomic mass is 9.91. The predicted octanol–water partition coefficient (Wildman–Crippen LogP) is 4.15. The van der Waals surface area contributed by atoms with Crippen LogP contribution in [0, 0.1) is 5.82 Å². The van der Waals surface area contributed by atoms with Gasteiger partial charge in [-0.1, -0.05) is 25.1 Å². The highest BCUT2D eigenvalue weighted by Crippen LogP contribution is 2.43. The highest BCUT2D eigenvalue weighted by Gasteiger charge is 2.52. The molecule has 3 heterocycles. The van der Waals surface area contributed by atoms with Gasteiger partial charge in [0.2, 0.25) is 0 Å².